The number of carbonyl (C=O) groups is 1. The topological polar surface area (TPSA) is 49.8 Å². The van der Waals surface area contributed by atoms with Crippen LogP contribution in [0.5, 0.6) is 5.75 Å². The van der Waals surface area contributed by atoms with Gasteiger partial charge in [-0.05, 0) is 42.7 Å². The zero-order valence-electron chi connectivity index (χ0n) is 13.6. The van der Waals surface area contributed by atoms with Crippen LogP contribution >= 0.6 is 0 Å². The summed E-state index contributed by atoms with van der Waals surface area (Å²) in [4.78, 5) is 14.5. The minimum Gasteiger partial charge on any atom is -0.496 e. The minimum absolute atomic E-state index is 0.153. The average Bonchev–Trinajstić information content (AvgIpc) is 3.01. The molecule has 0 spiro atoms. The molecule has 1 aromatic rings. The molecular weight excluding hydrogens is 278 g/mol. The number of methoxy groups -OCH3 is 1. The Hall–Kier alpha value is -1.55. The summed E-state index contributed by atoms with van der Waals surface area (Å²) in [6.07, 6.45) is 3.44. The lowest BCUT2D eigenvalue weighted by Gasteiger charge is -2.20. The van der Waals surface area contributed by atoms with Gasteiger partial charge < -0.3 is 14.7 Å². The third-order valence-electron chi connectivity index (χ3n) is 4.56. The molecule has 0 saturated carbocycles. The van der Waals surface area contributed by atoms with E-state index in [1.54, 1.807) is 7.11 Å². The fourth-order valence-corrected chi connectivity index (χ4v) is 3.25. The van der Waals surface area contributed by atoms with E-state index in [9.17, 15) is 4.79 Å². The Balaban J connectivity index is 1.89. The van der Waals surface area contributed by atoms with E-state index in [4.69, 9.17) is 9.84 Å². The Labute approximate surface area is 133 Å². The van der Waals surface area contributed by atoms with Gasteiger partial charge in [0.05, 0.1) is 7.11 Å². The number of aliphatic hydroxyl groups is 1. The van der Waals surface area contributed by atoms with Gasteiger partial charge in [-0.2, -0.15) is 0 Å². The molecule has 1 aromatic carbocycles. The second-order valence-corrected chi connectivity index (χ2v) is 6.21. The Morgan fingerprint density at radius 1 is 1.45 bits per heavy atom. The minimum atomic E-state index is 0.153. The molecule has 4 nitrogen and oxygen atoms in total. The summed E-state index contributed by atoms with van der Waals surface area (Å²) >= 11 is 0. The van der Waals surface area contributed by atoms with Crippen LogP contribution in [0.3, 0.4) is 0 Å². The van der Waals surface area contributed by atoms with Crippen molar-refractivity contribution in [3.05, 3.63) is 29.8 Å². The molecule has 1 fully saturated rings. The molecule has 2 atom stereocenters. The summed E-state index contributed by atoms with van der Waals surface area (Å²) in [6.45, 7) is 4.02. The molecule has 22 heavy (non-hydrogen) atoms. The molecule has 1 amide bonds. The van der Waals surface area contributed by atoms with Gasteiger partial charge in [0.2, 0.25) is 5.91 Å². The van der Waals surface area contributed by atoms with E-state index in [1.165, 1.54) is 0 Å². The fourth-order valence-electron chi connectivity index (χ4n) is 3.25. The second-order valence-electron chi connectivity index (χ2n) is 6.21. The van der Waals surface area contributed by atoms with E-state index in [1.807, 2.05) is 29.2 Å². The van der Waals surface area contributed by atoms with E-state index in [-0.39, 0.29) is 18.4 Å². The summed E-state index contributed by atoms with van der Waals surface area (Å²) in [6, 6.07) is 7.91. The van der Waals surface area contributed by atoms with E-state index in [0.717, 1.165) is 43.7 Å². The highest BCUT2D eigenvalue weighted by Gasteiger charge is 2.27. The first-order valence-corrected chi connectivity index (χ1v) is 8.17. The molecule has 1 heterocycles. The third-order valence-corrected chi connectivity index (χ3v) is 4.56. The van der Waals surface area contributed by atoms with Crippen LogP contribution in [-0.2, 0) is 4.79 Å². The molecule has 1 aliphatic heterocycles. The number of amides is 1. The van der Waals surface area contributed by atoms with Crippen LogP contribution in [0.15, 0.2) is 24.3 Å². The third kappa shape index (κ3) is 4.23. The Kier molecular flexibility index (Phi) is 6.25. The van der Waals surface area contributed by atoms with Crippen LogP contribution in [0, 0.1) is 5.92 Å². The molecule has 0 radical (unpaired) electrons. The van der Waals surface area contributed by atoms with Crippen molar-refractivity contribution in [3.63, 3.8) is 0 Å². The highest BCUT2D eigenvalue weighted by Crippen LogP contribution is 2.30. The summed E-state index contributed by atoms with van der Waals surface area (Å²) < 4.78 is 5.39. The van der Waals surface area contributed by atoms with Crippen molar-refractivity contribution in [2.45, 2.75) is 38.5 Å². The molecule has 4 heteroatoms. The van der Waals surface area contributed by atoms with Crippen LogP contribution in [-0.4, -0.2) is 42.7 Å². The van der Waals surface area contributed by atoms with Crippen molar-refractivity contribution in [1.29, 1.82) is 0 Å². The van der Waals surface area contributed by atoms with E-state index >= 15 is 0 Å². The number of aliphatic hydroxyl groups excluding tert-OH is 1. The monoisotopic (exact) mass is 305 g/mol. The van der Waals surface area contributed by atoms with Gasteiger partial charge in [0, 0.05) is 26.1 Å². The summed E-state index contributed by atoms with van der Waals surface area (Å²) in [7, 11) is 1.67. The predicted octanol–water partition coefficient (Wildman–Crippen LogP) is 2.81. The number of likely N-dealkylation sites (tertiary alicyclic amines) is 1. The average molecular weight is 305 g/mol. The summed E-state index contributed by atoms with van der Waals surface area (Å²) in [5.74, 6) is 1.78. The van der Waals surface area contributed by atoms with Crippen LogP contribution < -0.4 is 4.74 Å². The number of hydrogen-bond acceptors (Lipinski definition) is 3. The quantitative estimate of drug-likeness (QED) is 0.842. The molecule has 0 aromatic heterocycles. The standard InChI is InChI=1S/C18H27NO3/c1-14(16-7-3-4-8-17(16)22-2)12-18(21)19-10-9-15(13-19)6-5-11-20/h3-4,7-8,14-15,20H,5-6,9-13H2,1-2H3/t14-,15-/m0/s1. The van der Waals surface area contributed by atoms with Crippen molar-refractivity contribution >= 4 is 5.91 Å². The summed E-state index contributed by atoms with van der Waals surface area (Å²) in [5, 5.41) is 8.90. The Morgan fingerprint density at radius 3 is 2.95 bits per heavy atom. The maximum Gasteiger partial charge on any atom is 0.223 e. The fraction of sp³-hybridized carbons (Fsp3) is 0.611. The first kappa shape index (κ1) is 16.8. The Morgan fingerprint density at radius 2 is 2.23 bits per heavy atom. The first-order valence-electron chi connectivity index (χ1n) is 8.17. The van der Waals surface area contributed by atoms with Crippen molar-refractivity contribution in [3.8, 4) is 5.75 Å². The molecule has 0 aliphatic carbocycles. The second kappa shape index (κ2) is 8.18. The van der Waals surface area contributed by atoms with Gasteiger partial charge in [0.15, 0.2) is 0 Å². The summed E-state index contributed by atoms with van der Waals surface area (Å²) in [5.41, 5.74) is 1.09. The van der Waals surface area contributed by atoms with Gasteiger partial charge in [-0.25, -0.2) is 0 Å². The van der Waals surface area contributed by atoms with Crippen LogP contribution in [0.1, 0.15) is 44.1 Å². The van der Waals surface area contributed by atoms with Crippen LogP contribution in [0.25, 0.3) is 0 Å². The van der Waals surface area contributed by atoms with Gasteiger partial charge in [-0.1, -0.05) is 25.1 Å². The van der Waals surface area contributed by atoms with Gasteiger partial charge in [0.1, 0.15) is 5.75 Å². The van der Waals surface area contributed by atoms with Crippen molar-refractivity contribution in [2.24, 2.45) is 5.92 Å². The number of rotatable bonds is 7. The predicted molar refractivity (Wildman–Crippen MR) is 87.0 cm³/mol. The highest BCUT2D eigenvalue weighted by molar-refractivity contribution is 5.77. The molecule has 1 N–H and O–H groups in total. The molecule has 122 valence electrons. The number of carbonyl (C=O) groups excluding carboxylic acids is 1. The molecule has 0 unspecified atom stereocenters. The lowest BCUT2D eigenvalue weighted by molar-refractivity contribution is -0.130. The van der Waals surface area contributed by atoms with Gasteiger partial charge in [0.25, 0.3) is 0 Å². The molecule has 1 saturated heterocycles. The molecule has 0 bridgehead atoms. The molecule has 1 aliphatic rings. The number of ether oxygens (including phenoxy) is 1. The van der Waals surface area contributed by atoms with Gasteiger partial charge in [-0.15, -0.1) is 0 Å². The Bertz CT molecular complexity index is 489. The maximum atomic E-state index is 12.5. The number of nitrogens with zero attached hydrogens (tertiary/aromatic N) is 1. The van der Waals surface area contributed by atoms with Crippen molar-refractivity contribution in [1.82, 2.24) is 4.90 Å². The number of hydrogen-bond donors (Lipinski definition) is 1. The lowest BCUT2D eigenvalue weighted by Crippen LogP contribution is -2.29. The van der Waals surface area contributed by atoms with E-state index < -0.39 is 0 Å². The largest absolute Gasteiger partial charge is 0.496 e. The van der Waals surface area contributed by atoms with Crippen molar-refractivity contribution < 1.29 is 14.6 Å². The lowest BCUT2D eigenvalue weighted by atomic mass is 9.96. The number of benzene rings is 1. The number of para-hydroxylation sites is 1. The zero-order valence-corrected chi connectivity index (χ0v) is 13.6. The van der Waals surface area contributed by atoms with Gasteiger partial charge in [-0.3, -0.25) is 4.79 Å². The van der Waals surface area contributed by atoms with Gasteiger partial charge >= 0.3 is 0 Å². The van der Waals surface area contributed by atoms with E-state index in [2.05, 4.69) is 6.92 Å². The maximum absolute atomic E-state index is 12.5. The van der Waals surface area contributed by atoms with E-state index in [0.29, 0.717) is 12.3 Å². The zero-order chi connectivity index (χ0) is 15.9. The van der Waals surface area contributed by atoms with Crippen LogP contribution in [0.2, 0.25) is 0 Å². The SMILES string of the molecule is COc1ccccc1[C@@H](C)CC(=O)N1CC[C@H](CCCO)C1. The normalized spacial score (nSPS) is 19.2. The smallest absolute Gasteiger partial charge is 0.223 e. The van der Waals surface area contributed by atoms with Crippen molar-refractivity contribution in [2.75, 3.05) is 26.8 Å². The first-order chi connectivity index (χ1) is 10.7. The molecular formula is C18H27NO3. The highest BCUT2D eigenvalue weighted by atomic mass is 16.5. The van der Waals surface area contributed by atoms with Crippen LogP contribution in [0.4, 0.5) is 0 Å². The molecule has 2 rings (SSSR count).